The third-order valence-corrected chi connectivity index (χ3v) is 6.94. The van der Waals surface area contributed by atoms with Gasteiger partial charge in [-0.3, -0.25) is 9.88 Å². The Morgan fingerprint density at radius 2 is 1.96 bits per heavy atom. The smallest absolute Gasteiger partial charge is 0.137 e. The van der Waals surface area contributed by atoms with Crippen molar-refractivity contribution in [1.82, 2.24) is 14.8 Å². The first-order valence-corrected chi connectivity index (χ1v) is 10.8. The number of aryl methyl sites for hydroxylation is 1. The Labute approximate surface area is 168 Å². The number of hydrogen-bond donors (Lipinski definition) is 0. The molecule has 3 atom stereocenters. The van der Waals surface area contributed by atoms with Crippen molar-refractivity contribution in [3.63, 3.8) is 0 Å². The molecule has 1 aromatic heterocycles. The minimum atomic E-state index is 0.0637. The van der Waals surface area contributed by atoms with Crippen molar-refractivity contribution in [2.45, 2.75) is 45.1 Å². The van der Waals surface area contributed by atoms with Gasteiger partial charge in [0, 0.05) is 24.7 Å². The van der Waals surface area contributed by atoms with Gasteiger partial charge in [0.15, 0.2) is 0 Å². The zero-order valence-corrected chi connectivity index (χ0v) is 17.5. The van der Waals surface area contributed by atoms with Gasteiger partial charge in [-0.15, -0.1) is 0 Å². The molecule has 2 aliphatic heterocycles. The first-order valence-electron chi connectivity index (χ1n) is 10.8. The number of carbonyl (C=O) groups excluding carboxylic acids is 1. The molecule has 150 valence electrons. The summed E-state index contributed by atoms with van der Waals surface area (Å²) in [6.07, 6.45) is 6.57. The molecule has 4 nitrogen and oxygen atoms in total. The highest BCUT2D eigenvalue weighted by atomic mass is 16.1. The van der Waals surface area contributed by atoms with Crippen molar-refractivity contribution in [1.29, 1.82) is 0 Å². The lowest BCUT2D eigenvalue weighted by molar-refractivity contribution is -0.116. The Morgan fingerprint density at radius 1 is 1.18 bits per heavy atom. The fourth-order valence-electron chi connectivity index (χ4n) is 5.42. The number of benzene rings is 1. The van der Waals surface area contributed by atoms with Crippen molar-refractivity contribution in [3.8, 4) is 0 Å². The summed E-state index contributed by atoms with van der Waals surface area (Å²) in [5, 5.41) is 1.28. The molecular formula is C24H33N3O. The molecule has 28 heavy (non-hydrogen) atoms. The molecule has 0 bridgehead atoms. The van der Waals surface area contributed by atoms with E-state index in [1.807, 2.05) is 12.3 Å². The lowest BCUT2D eigenvalue weighted by Gasteiger charge is -2.43. The second-order valence-corrected chi connectivity index (χ2v) is 9.13. The van der Waals surface area contributed by atoms with Crippen LogP contribution in [0.3, 0.4) is 0 Å². The Kier molecular flexibility index (Phi) is 5.79. The SMILES string of the molecule is Cc1ccc([C@H]2C[C@H](C)CN(C(C=O)C3CCN(C)CC3)C2)c2cccnc12. The number of rotatable bonds is 4. The van der Waals surface area contributed by atoms with Gasteiger partial charge in [0.05, 0.1) is 11.6 Å². The van der Waals surface area contributed by atoms with E-state index in [4.69, 9.17) is 0 Å². The highest BCUT2D eigenvalue weighted by Crippen LogP contribution is 2.36. The van der Waals surface area contributed by atoms with Gasteiger partial charge in [-0.2, -0.15) is 0 Å². The maximum Gasteiger partial charge on any atom is 0.137 e. The van der Waals surface area contributed by atoms with E-state index < -0.39 is 0 Å². The lowest BCUT2D eigenvalue weighted by Crippen LogP contribution is -2.51. The summed E-state index contributed by atoms with van der Waals surface area (Å²) in [6.45, 7) is 8.70. The van der Waals surface area contributed by atoms with Crippen LogP contribution >= 0.6 is 0 Å². The number of hydrogen-bond acceptors (Lipinski definition) is 4. The van der Waals surface area contributed by atoms with Gasteiger partial charge in [0.25, 0.3) is 0 Å². The molecule has 4 rings (SSSR count). The molecule has 0 N–H and O–H groups in total. The minimum Gasteiger partial charge on any atom is -0.306 e. The van der Waals surface area contributed by atoms with Crippen LogP contribution in [-0.4, -0.2) is 60.3 Å². The second kappa shape index (κ2) is 8.30. The van der Waals surface area contributed by atoms with Crippen LogP contribution in [0.15, 0.2) is 30.5 Å². The van der Waals surface area contributed by atoms with Crippen molar-refractivity contribution >= 4 is 17.2 Å². The molecule has 0 saturated carbocycles. The summed E-state index contributed by atoms with van der Waals surface area (Å²) >= 11 is 0. The quantitative estimate of drug-likeness (QED) is 0.756. The number of aldehydes is 1. The predicted molar refractivity (Wildman–Crippen MR) is 115 cm³/mol. The fourth-order valence-corrected chi connectivity index (χ4v) is 5.42. The average molecular weight is 380 g/mol. The first-order chi connectivity index (χ1) is 13.6. The summed E-state index contributed by atoms with van der Waals surface area (Å²) in [5.74, 6) is 1.56. The van der Waals surface area contributed by atoms with Crippen molar-refractivity contribution in [3.05, 3.63) is 41.6 Å². The molecule has 2 aromatic rings. The molecular weight excluding hydrogens is 346 g/mol. The van der Waals surface area contributed by atoms with E-state index in [0.29, 0.717) is 17.8 Å². The minimum absolute atomic E-state index is 0.0637. The number of carbonyl (C=O) groups is 1. The molecule has 4 heteroatoms. The monoisotopic (exact) mass is 379 g/mol. The van der Waals surface area contributed by atoms with Crippen LogP contribution in [0.25, 0.3) is 10.9 Å². The number of likely N-dealkylation sites (tertiary alicyclic amines) is 2. The summed E-state index contributed by atoms with van der Waals surface area (Å²) in [5.41, 5.74) is 3.75. The molecule has 2 saturated heterocycles. The van der Waals surface area contributed by atoms with Gasteiger partial charge in [-0.05, 0) is 81.3 Å². The van der Waals surface area contributed by atoms with Crippen molar-refractivity contribution in [2.24, 2.45) is 11.8 Å². The Bertz CT molecular complexity index is 828. The number of fused-ring (bicyclic) bond motifs is 1. The molecule has 0 spiro atoms. The predicted octanol–water partition coefficient (Wildman–Crippen LogP) is 3.88. The normalized spacial score (nSPS) is 26.4. The lowest BCUT2D eigenvalue weighted by atomic mass is 9.81. The summed E-state index contributed by atoms with van der Waals surface area (Å²) < 4.78 is 0. The first kappa shape index (κ1) is 19.5. The molecule has 2 aliphatic rings. The van der Waals surface area contributed by atoms with Gasteiger partial charge >= 0.3 is 0 Å². The topological polar surface area (TPSA) is 36.4 Å². The van der Waals surface area contributed by atoms with Crippen LogP contribution in [-0.2, 0) is 4.79 Å². The Balaban J connectivity index is 1.60. The van der Waals surface area contributed by atoms with E-state index in [1.165, 1.54) is 29.2 Å². The molecule has 1 unspecified atom stereocenters. The van der Waals surface area contributed by atoms with Gasteiger partial charge in [-0.1, -0.05) is 25.1 Å². The standard InChI is InChI=1S/C24H33N3O/c1-17-13-20(21-7-6-18(2)24-22(21)5-4-10-25-24)15-27(14-17)23(16-28)19-8-11-26(3)12-9-19/h4-7,10,16-17,19-20,23H,8-9,11-15H2,1-3H3/t17-,20-,23?/m0/s1. The maximum atomic E-state index is 12.1. The molecule has 3 heterocycles. The van der Waals surface area contributed by atoms with Crippen LogP contribution in [0, 0.1) is 18.8 Å². The van der Waals surface area contributed by atoms with Crippen LogP contribution < -0.4 is 0 Å². The molecule has 0 aliphatic carbocycles. The van der Waals surface area contributed by atoms with Gasteiger partial charge in [0.1, 0.15) is 6.29 Å². The third kappa shape index (κ3) is 3.85. The maximum absolute atomic E-state index is 12.1. The van der Waals surface area contributed by atoms with Gasteiger partial charge in [0.2, 0.25) is 0 Å². The number of aromatic nitrogens is 1. The van der Waals surface area contributed by atoms with E-state index >= 15 is 0 Å². The summed E-state index contributed by atoms with van der Waals surface area (Å²) in [4.78, 5) is 21.6. The van der Waals surface area contributed by atoms with Crippen LogP contribution in [0.2, 0.25) is 0 Å². The van der Waals surface area contributed by atoms with Gasteiger partial charge < -0.3 is 9.69 Å². The van der Waals surface area contributed by atoms with E-state index in [2.05, 4.69) is 53.9 Å². The van der Waals surface area contributed by atoms with Crippen molar-refractivity contribution in [2.75, 3.05) is 33.2 Å². The van der Waals surface area contributed by atoms with E-state index in [9.17, 15) is 4.79 Å². The largest absolute Gasteiger partial charge is 0.306 e. The second-order valence-electron chi connectivity index (χ2n) is 9.13. The Hall–Kier alpha value is -1.78. The van der Waals surface area contributed by atoms with E-state index in [-0.39, 0.29) is 6.04 Å². The number of pyridine rings is 1. The van der Waals surface area contributed by atoms with Crippen LogP contribution in [0.4, 0.5) is 0 Å². The molecule has 2 fully saturated rings. The number of piperidine rings is 2. The van der Waals surface area contributed by atoms with E-state index in [0.717, 1.165) is 44.5 Å². The molecule has 0 radical (unpaired) electrons. The summed E-state index contributed by atoms with van der Waals surface area (Å²) in [6, 6.07) is 8.83. The molecule has 1 aromatic carbocycles. The average Bonchev–Trinajstić information content (AvgIpc) is 2.70. The third-order valence-electron chi connectivity index (χ3n) is 6.94. The van der Waals surface area contributed by atoms with E-state index in [1.54, 1.807) is 0 Å². The number of nitrogens with zero attached hydrogens (tertiary/aromatic N) is 3. The molecule has 0 amide bonds. The summed E-state index contributed by atoms with van der Waals surface area (Å²) in [7, 11) is 2.18. The zero-order chi connectivity index (χ0) is 19.7. The van der Waals surface area contributed by atoms with Crippen LogP contribution in [0.5, 0.6) is 0 Å². The highest BCUT2D eigenvalue weighted by molar-refractivity contribution is 5.85. The van der Waals surface area contributed by atoms with Crippen LogP contribution in [0.1, 0.15) is 43.2 Å². The Morgan fingerprint density at radius 3 is 2.71 bits per heavy atom. The highest BCUT2D eigenvalue weighted by Gasteiger charge is 2.35. The van der Waals surface area contributed by atoms with Crippen molar-refractivity contribution < 1.29 is 4.79 Å². The zero-order valence-electron chi connectivity index (χ0n) is 17.5. The van der Waals surface area contributed by atoms with Gasteiger partial charge in [-0.25, -0.2) is 0 Å². The fraction of sp³-hybridized carbons (Fsp3) is 0.583.